The number of hydrogen-bond donors (Lipinski definition) is 1. The van der Waals surface area contributed by atoms with Crippen LogP contribution in [0.3, 0.4) is 0 Å². The Morgan fingerprint density at radius 3 is 2.21 bits per heavy atom. The van der Waals surface area contributed by atoms with E-state index in [2.05, 4.69) is 31.1 Å². The Labute approximate surface area is 177 Å². The molecule has 0 aliphatic carbocycles. The van der Waals surface area contributed by atoms with Gasteiger partial charge in [0.15, 0.2) is 5.13 Å². The number of amides is 1. The molecule has 8 heteroatoms. The third kappa shape index (κ3) is 4.87. The number of sulfonamides is 1. The minimum Gasteiger partial charge on any atom is -0.302 e. The van der Waals surface area contributed by atoms with E-state index in [1.165, 1.54) is 15.6 Å². The summed E-state index contributed by atoms with van der Waals surface area (Å²) < 4.78 is 27.4. The third-order valence-electron chi connectivity index (χ3n) is 5.44. The molecule has 1 aromatic heterocycles. The van der Waals surface area contributed by atoms with Crippen LogP contribution in [0, 0.1) is 19.8 Å². The molecule has 0 atom stereocenters. The van der Waals surface area contributed by atoms with Crippen LogP contribution in [0.15, 0.2) is 29.2 Å². The van der Waals surface area contributed by atoms with Gasteiger partial charge in [-0.05, 0) is 49.8 Å². The highest BCUT2D eigenvalue weighted by Gasteiger charge is 2.32. The van der Waals surface area contributed by atoms with Crippen LogP contribution in [0.25, 0.3) is 0 Å². The summed E-state index contributed by atoms with van der Waals surface area (Å²) in [5.74, 6) is -0.278. The standard InChI is InChI=1S/C21H29N3O3S2/c1-14-15(2)28-20(22-14)23-19(25)16-10-12-24(13-11-16)29(26,27)18-8-6-17(7-9-18)21(3,4)5/h6-9,16H,10-13H2,1-5H3,(H,22,23,25). The fraction of sp³-hybridized carbons (Fsp3) is 0.524. The molecule has 1 aromatic carbocycles. The summed E-state index contributed by atoms with van der Waals surface area (Å²) in [5.41, 5.74) is 1.99. The van der Waals surface area contributed by atoms with Crippen LogP contribution in [-0.4, -0.2) is 36.7 Å². The number of aromatic nitrogens is 1. The zero-order valence-corrected chi connectivity index (χ0v) is 19.3. The number of carbonyl (C=O) groups excluding carboxylic acids is 1. The van der Waals surface area contributed by atoms with Crippen LogP contribution in [0.2, 0.25) is 0 Å². The van der Waals surface area contributed by atoms with Crippen molar-refractivity contribution in [2.75, 3.05) is 18.4 Å². The van der Waals surface area contributed by atoms with Crippen LogP contribution < -0.4 is 5.32 Å². The maximum Gasteiger partial charge on any atom is 0.243 e. The van der Waals surface area contributed by atoms with Crippen molar-refractivity contribution in [2.45, 2.75) is 57.8 Å². The number of aryl methyl sites for hydroxylation is 2. The van der Waals surface area contributed by atoms with Gasteiger partial charge in [-0.15, -0.1) is 11.3 Å². The van der Waals surface area contributed by atoms with Crippen molar-refractivity contribution in [1.82, 2.24) is 9.29 Å². The fourth-order valence-electron chi connectivity index (χ4n) is 3.37. The summed E-state index contributed by atoms with van der Waals surface area (Å²) in [6, 6.07) is 7.12. The summed E-state index contributed by atoms with van der Waals surface area (Å²) in [6.45, 7) is 10.9. The zero-order valence-electron chi connectivity index (χ0n) is 17.7. The summed E-state index contributed by atoms with van der Waals surface area (Å²) in [7, 11) is -3.54. The zero-order chi connectivity index (χ0) is 21.4. The van der Waals surface area contributed by atoms with E-state index in [4.69, 9.17) is 0 Å². The second kappa shape index (κ2) is 8.16. The number of piperidine rings is 1. The van der Waals surface area contributed by atoms with Crippen LogP contribution in [0.1, 0.15) is 49.7 Å². The molecule has 0 saturated carbocycles. The molecule has 0 bridgehead atoms. The molecule has 2 aromatic rings. The number of hydrogen-bond acceptors (Lipinski definition) is 5. The molecule has 0 radical (unpaired) electrons. The van der Waals surface area contributed by atoms with Gasteiger partial charge in [-0.25, -0.2) is 13.4 Å². The first-order valence-corrected chi connectivity index (χ1v) is 12.1. The molecule has 6 nitrogen and oxygen atoms in total. The lowest BCUT2D eigenvalue weighted by Gasteiger charge is -2.30. The van der Waals surface area contributed by atoms with E-state index in [-0.39, 0.29) is 17.2 Å². The van der Waals surface area contributed by atoms with Crippen molar-refractivity contribution >= 4 is 32.4 Å². The highest BCUT2D eigenvalue weighted by molar-refractivity contribution is 7.89. The normalized spacial score (nSPS) is 16.7. The maximum absolute atomic E-state index is 13.0. The maximum atomic E-state index is 13.0. The smallest absolute Gasteiger partial charge is 0.243 e. The average molecular weight is 436 g/mol. The molecule has 3 rings (SSSR count). The van der Waals surface area contributed by atoms with E-state index in [1.54, 1.807) is 12.1 Å². The Hall–Kier alpha value is -1.77. The minimum absolute atomic E-state index is 0.0253. The molecule has 0 spiro atoms. The largest absolute Gasteiger partial charge is 0.302 e. The van der Waals surface area contributed by atoms with Gasteiger partial charge < -0.3 is 5.32 Å². The molecule has 1 aliphatic rings. The Balaban J connectivity index is 1.62. The third-order valence-corrected chi connectivity index (χ3v) is 8.34. The lowest BCUT2D eigenvalue weighted by atomic mass is 9.87. The van der Waals surface area contributed by atoms with Crippen molar-refractivity contribution in [3.8, 4) is 0 Å². The van der Waals surface area contributed by atoms with Gasteiger partial charge in [-0.2, -0.15) is 4.31 Å². The second-order valence-corrected chi connectivity index (χ2v) is 11.7. The Bertz CT molecular complexity index is 962. The van der Waals surface area contributed by atoms with Gasteiger partial charge in [-0.3, -0.25) is 4.79 Å². The Morgan fingerprint density at radius 1 is 1.14 bits per heavy atom. The predicted octanol–water partition coefficient (Wildman–Crippen LogP) is 4.10. The van der Waals surface area contributed by atoms with Crippen LogP contribution in [-0.2, 0) is 20.2 Å². The topological polar surface area (TPSA) is 79.4 Å². The fourth-order valence-corrected chi connectivity index (χ4v) is 5.66. The number of nitrogens with zero attached hydrogens (tertiary/aromatic N) is 2. The lowest BCUT2D eigenvalue weighted by molar-refractivity contribution is -0.120. The van der Waals surface area contributed by atoms with E-state index in [0.717, 1.165) is 16.1 Å². The first-order valence-electron chi connectivity index (χ1n) is 9.84. The molecule has 0 unspecified atom stereocenters. The average Bonchev–Trinajstić information content (AvgIpc) is 2.98. The van der Waals surface area contributed by atoms with Gasteiger partial charge in [0.25, 0.3) is 0 Å². The molecular weight excluding hydrogens is 406 g/mol. The number of nitrogens with one attached hydrogen (secondary N) is 1. The Kier molecular flexibility index (Phi) is 6.17. The highest BCUT2D eigenvalue weighted by atomic mass is 32.2. The Morgan fingerprint density at radius 2 is 1.72 bits per heavy atom. The van der Waals surface area contributed by atoms with Gasteiger partial charge in [0.2, 0.25) is 15.9 Å². The van der Waals surface area contributed by atoms with Gasteiger partial charge in [0.1, 0.15) is 0 Å². The van der Waals surface area contributed by atoms with Crippen molar-refractivity contribution in [3.63, 3.8) is 0 Å². The molecule has 1 N–H and O–H groups in total. The summed E-state index contributed by atoms with van der Waals surface area (Å²) in [6.07, 6.45) is 1.02. The molecule has 1 fully saturated rings. The summed E-state index contributed by atoms with van der Waals surface area (Å²) in [4.78, 5) is 18.3. The van der Waals surface area contributed by atoms with Crippen LogP contribution in [0.5, 0.6) is 0 Å². The van der Waals surface area contributed by atoms with Crippen LogP contribution in [0.4, 0.5) is 5.13 Å². The molecule has 1 aliphatic heterocycles. The van der Waals surface area contributed by atoms with Crippen molar-refractivity contribution < 1.29 is 13.2 Å². The van der Waals surface area contributed by atoms with Crippen molar-refractivity contribution in [2.24, 2.45) is 5.92 Å². The van der Waals surface area contributed by atoms with Gasteiger partial charge >= 0.3 is 0 Å². The molecule has 158 valence electrons. The number of anilines is 1. The van der Waals surface area contributed by atoms with E-state index >= 15 is 0 Å². The van der Waals surface area contributed by atoms with Crippen molar-refractivity contribution in [3.05, 3.63) is 40.4 Å². The molecule has 29 heavy (non-hydrogen) atoms. The second-order valence-electron chi connectivity index (χ2n) is 8.60. The number of rotatable bonds is 4. The summed E-state index contributed by atoms with van der Waals surface area (Å²) in [5, 5.41) is 3.49. The lowest BCUT2D eigenvalue weighted by Crippen LogP contribution is -2.41. The van der Waals surface area contributed by atoms with E-state index in [9.17, 15) is 13.2 Å². The van der Waals surface area contributed by atoms with E-state index in [0.29, 0.717) is 36.0 Å². The monoisotopic (exact) mass is 435 g/mol. The van der Waals surface area contributed by atoms with Crippen molar-refractivity contribution in [1.29, 1.82) is 0 Å². The minimum atomic E-state index is -3.54. The predicted molar refractivity (Wildman–Crippen MR) is 117 cm³/mol. The van der Waals surface area contributed by atoms with Gasteiger partial charge in [-0.1, -0.05) is 32.9 Å². The van der Waals surface area contributed by atoms with Gasteiger partial charge in [0, 0.05) is 23.9 Å². The number of carbonyl (C=O) groups is 1. The molecular formula is C21H29N3O3S2. The number of benzene rings is 1. The number of thiazole rings is 1. The van der Waals surface area contributed by atoms with E-state index in [1.807, 2.05) is 26.0 Å². The summed E-state index contributed by atoms with van der Waals surface area (Å²) >= 11 is 1.46. The van der Waals surface area contributed by atoms with Gasteiger partial charge in [0.05, 0.1) is 10.6 Å². The quantitative estimate of drug-likeness (QED) is 0.784. The highest BCUT2D eigenvalue weighted by Crippen LogP contribution is 2.28. The first-order chi connectivity index (χ1) is 13.5. The molecule has 2 heterocycles. The first kappa shape index (κ1) is 21.9. The molecule has 1 saturated heterocycles. The SMILES string of the molecule is Cc1nc(NC(=O)C2CCN(S(=O)(=O)c3ccc(C(C)(C)C)cc3)CC2)sc1C. The van der Waals surface area contributed by atoms with E-state index < -0.39 is 10.0 Å². The van der Waals surface area contributed by atoms with Crippen LogP contribution >= 0.6 is 11.3 Å². The molecule has 1 amide bonds.